The van der Waals surface area contributed by atoms with Crippen molar-refractivity contribution in [3.05, 3.63) is 29.3 Å². The SMILES string of the molecule is CNc1ccc(C=CC#N)c(C)c1N=N. The molecule has 0 unspecified atom stereocenters. The van der Waals surface area contributed by atoms with E-state index in [1.165, 1.54) is 6.08 Å². The van der Waals surface area contributed by atoms with Crippen molar-refractivity contribution in [2.45, 2.75) is 6.92 Å². The van der Waals surface area contributed by atoms with E-state index >= 15 is 0 Å². The largest absolute Gasteiger partial charge is 0.386 e. The standard InChI is InChI=1S/C11H12N4/c1-8-9(4-3-7-12)5-6-10(14-2)11(8)15-13/h3-6,13-14H,1-2H3. The van der Waals surface area contributed by atoms with Crippen LogP contribution in [0.5, 0.6) is 0 Å². The molecule has 2 N–H and O–H groups in total. The van der Waals surface area contributed by atoms with Crippen LogP contribution in [0, 0.1) is 23.8 Å². The van der Waals surface area contributed by atoms with Crippen molar-refractivity contribution < 1.29 is 0 Å². The molecule has 1 aromatic rings. The molecule has 0 aliphatic carbocycles. The Balaban J connectivity index is 3.30. The topological polar surface area (TPSA) is 72.0 Å². The van der Waals surface area contributed by atoms with Crippen molar-refractivity contribution in [1.82, 2.24) is 0 Å². The van der Waals surface area contributed by atoms with Gasteiger partial charge in [-0.3, -0.25) is 0 Å². The lowest BCUT2D eigenvalue weighted by molar-refractivity contribution is 1.13. The van der Waals surface area contributed by atoms with Gasteiger partial charge in [-0.1, -0.05) is 6.07 Å². The Morgan fingerprint density at radius 1 is 1.53 bits per heavy atom. The van der Waals surface area contributed by atoms with E-state index in [9.17, 15) is 0 Å². The van der Waals surface area contributed by atoms with Gasteiger partial charge in [0.1, 0.15) is 5.69 Å². The molecule has 4 heteroatoms. The molecule has 76 valence electrons. The molecular formula is C11H12N4. The summed E-state index contributed by atoms with van der Waals surface area (Å²) in [4.78, 5) is 0. The molecule has 0 atom stereocenters. The lowest BCUT2D eigenvalue weighted by atomic mass is 10.0. The summed E-state index contributed by atoms with van der Waals surface area (Å²) in [7, 11) is 1.79. The summed E-state index contributed by atoms with van der Waals surface area (Å²) in [5.74, 6) is 0. The molecule has 0 saturated carbocycles. The average Bonchev–Trinajstić information content (AvgIpc) is 2.27. The Labute approximate surface area is 88.7 Å². The first-order valence-electron chi connectivity index (χ1n) is 4.49. The van der Waals surface area contributed by atoms with Gasteiger partial charge in [-0.2, -0.15) is 10.4 Å². The molecule has 1 rings (SSSR count). The van der Waals surface area contributed by atoms with Crippen molar-refractivity contribution >= 4 is 17.5 Å². The van der Waals surface area contributed by atoms with Crippen LogP contribution in [0.4, 0.5) is 11.4 Å². The third kappa shape index (κ3) is 2.20. The van der Waals surface area contributed by atoms with Gasteiger partial charge in [0.05, 0.1) is 11.8 Å². The third-order valence-corrected chi connectivity index (χ3v) is 2.19. The zero-order valence-corrected chi connectivity index (χ0v) is 8.70. The number of anilines is 1. The van der Waals surface area contributed by atoms with Crippen LogP contribution in [0.25, 0.3) is 6.08 Å². The Bertz CT molecular complexity index is 441. The van der Waals surface area contributed by atoms with Gasteiger partial charge in [-0.15, -0.1) is 0 Å². The van der Waals surface area contributed by atoms with Crippen LogP contribution in [0.1, 0.15) is 11.1 Å². The van der Waals surface area contributed by atoms with E-state index in [0.29, 0.717) is 5.69 Å². The normalized spacial score (nSPS) is 9.93. The predicted molar refractivity (Wildman–Crippen MR) is 60.2 cm³/mol. The van der Waals surface area contributed by atoms with Crippen LogP contribution in [-0.4, -0.2) is 7.05 Å². The lowest BCUT2D eigenvalue weighted by Crippen LogP contribution is -1.91. The van der Waals surface area contributed by atoms with Crippen molar-refractivity contribution in [2.24, 2.45) is 5.11 Å². The van der Waals surface area contributed by atoms with Crippen molar-refractivity contribution in [2.75, 3.05) is 12.4 Å². The van der Waals surface area contributed by atoms with Gasteiger partial charge in [-0.25, -0.2) is 5.53 Å². The molecule has 0 radical (unpaired) electrons. The summed E-state index contributed by atoms with van der Waals surface area (Å²) >= 11 is 0. The molecule has 4 nitrogen and oxygen atoms in total. The minimum absolute atomic E-state index is 0.609. The highest BCUT2D eigenvalue weighted by Crippen LogP contribution is 2.31. The van der Waals surface area contributed by atoms with Crippen LogP contribution in [0.3, 0.4) is 0 Å². The van der Waals surface area contributed by atoms with Crippen molar-refractivity contribution in [3.63, 3.8) is 0 Å². The smallest absolute Gasteiger partial charge is 0.112 e. The van der Waals surface area contributed by atoms with Gasteiger partial charge in [0.25, 0.3) is 0 Å². The molecule has 0 fully saturated rings. The fourth-order valence-corrected chi connectivity index (χ4v) is 1.37. The third-order valence-electron chi connectivity index (χ3n) is 2.19. The van der Waals surface area contributed by atoms with E-state index in [1.54, 1.807) is 13.1 Å². The summed E-state index contributed by atoms with van der Waals surface area (Å²) in [6.07, 6.45) is 3.12. The van der Waals surface area contributed by atoms with Crippen LogP contribution in [-0.2, 0) is 0 Å². The Hall–Kier alpha value is -2.15. The first kappa shape index (κ1) is 10.9. The number of nitrogens with zero attached hydrogens (tertiary/aromatic N) is 2. The van der Waals surface area contributed by atoms with Gasteiger partial charge in [0.15, 0.2) is 0 Å². The minimum atomic E-state index is 0.609. The second-order valence-electron chi connectivity index (χ2n) is 3.00. The molecule has 15 heavy (non-hydrogen) atoms. The summed E-state index contributed by atoms with van der Waals surface area (Å²) in [6, 6.07) is 5.67. The molecule has 0 aromatic heterocycles. The zero-order chi connectivity index (χ0) is 11.3. The summed E-state index contributed by atoms with van der Waals surface area (Å²) in [5, 5.41) is 14.9. The van der Waals surface area contributed by atoms with Crippen LogP contribution < -0.4 is 5.32 Å². The van der Waals surface area contributed by atoms with Gasteiger partial charge in [-0.05, 0) is 30.2 Å². The second kappa shape index (κ2) is 4.91. The molecule has 0 spiro atoms. The number of nitriles is 1. The van der Waals surface area contributed by atoms with Crippen molar-refractivity contribution in [1.29, 1.82) is 10.8 Å². The summed E-state index contributed by atoms with van der Waals surface area (Å²) in [6.45, 7) is 1.88. The molecule has 0 bridgehead atoms. The predicted octanol–water partition coefficient (Wildman–Crippen LogP) is 3.24. The molecule has 0 saturated heterocycles. The van der Waals surface area contributed by atoms with E-state index in [0.717, 1.165) is 16.8 Å². The van der Waals surface area contributed by atoms with E-state index in [4.69, 9.17) is 10.8 Å². The van der Waals surface area contributed by atoms with Crippen LogP contribution in [0.2, 0.25) is 0 Å². The number of hydrogen-bond acceptors (Lipinski definition) is 4. The fourth-order valence-electron chi connectivity index (χ4n) is 1.37. The number of benzene rings is 1. The maximum atomic E-state index is 8.44. The molecular weight excluding hydrogens is 188 g/mol. The number of hydrogen-bond donors (Lipinski definition) is 2. The number of rotatable bonds is 3. The van der Waals surface area contributed by atoms with Crippen LogP contribution in [0.15, 0.2) is 23.3 Å². The maximum Gasteiger partial charge on any atom is 0.112 e. The lowest BCUT2D eigenvalue weighted by Gasteiger charge is -2.09. The molecule has 0 heterocycles. The fraction of sp³-hybridized carbons (Fsp3) is 0.182. The van der Waals surface area contributed by atoms with Gasteiger partial charge in [0, 0.05) is 13.1 Å². The quantitative estimate of drug-likeness (QED) is 0.580. The van der Waals surface area contributed by atoms with Crippen molar-refractivity contribution in [3.8, 4) is 6.07 Å². The first-order valence-corrected chi connectivity index (χ1v) is 4.49. The Kier molecular flexibility index (Phi) is 3.58. The Morgan fingerprint density at radius 2 is 2.27 bits per heavy atom. The highest BCUT2D eigenvalue weighted by Gasteiger charge is 2.06. The van der Waals surface area contributed by atoms with E-state index < -0.39 is 0 Å². The maximum absolute atomic E-state index is 8.44. The first-order chi connectivity index (χ1) is 7.24. The number of allylic oxidation sites excluding steroid dienone is 1. The van der Waals surface area contributed by atoms with E-state index in [-0.39, 0.29) is 0 Å². The van der Waals surface area contributed by atoms with E-state index in [2.05, 4.69) is 10.4 Å². The monoisotopic (exact) mass is 200 g/mol. The Morgan fingerprint density at radius 3 is 2.80 bits per heavy atom. The zero-order valence-electron chi connectivity index (χ0n) is 8.70. The molecule has 0 aliphatic heterocycles. The highest BCUT2D eigenvalue weighted by atomic mass is 15.0. The second-order valence-corrected chi connectivity index (χ2v) is 3.00. The van der Waals surface area contributed by atoms with Gasteiger partial charge >= 0.3 is 0 Å². The highest BCUT2D eigenvalue weighted by molar-refractivity contribution is 5.74. The van der Waals surface area contributed by atoms with E-state index in [1.807, 2.05) is 25.1 Å². The summed E-state index contributed by atoms with van der Waals surface area (Å²) < 4.78 is 0. The summed E-state index contributed by atoms with van der Waals surface area (Å²) in [5.41, 5.74) is 10.3. The number of nitrogens with one attached hydrogen (secondary N) is 2. The van der Waals surface area contributed by atoms with Gasteiger partial charge < -0.3 is 5.32 Å². The molecule has 0 aliphatic rings. The minimum Gasteiger partial charge on any atom is -0.386 e. The molecule has 0 amide bonds. The molecule has 1 aromatic carbocycles. The van der Waals surface area contributed by atoms with Crippen LogP contribution >= 0.6 is 0 Å². The average molecular weight is 200 g/mol. The van der Waals surface area contributed by atoms with Gasteiger partial charge in [0.2, 0.25) is 0 Å².